The van der Waals surface area contributed by atoms with Crippen molar-refractivity contribution in [3.8, 4) is 5.75 Å². The van der Waals surface area contributed by atoms with Crippen LogP contribution in [0.25, 0.3) is 0 Å². The van der Waals surface area contributed by atoms with Crippen LogP contribution < -0.4 is 15.4 Å². The molecule has 230 valence electrons. The Morgan fingerprint density at radius 2 is 2.05 bits per heavy atom. The number of anilines is 1. The van der Waals surface area contributed by atoms with E-state index in [1.54, 1.807) is 24.1 Å². The molecule has 2 amide bonds. The summed E-state index contributed by atoms with van der Waals surface area (Å²) in [7, 11) is 0. The van der Waals surface area contributed by atoms with Crippen LogP contribution in [0.2, 0.25) is 5.02 Å². The van der Waals surface area contributed by atoms with Gasteiger partial charge < -0.3 is 29.8 Å². The minimum absolute atomic E-state index is 0.0335. The average Bonchev–Trinajstić information content (AvgIpc) is 3.46. The molecule has 2 aromatic heterocycles. The van der Waals surface area contributed by atoms with Gasteiger partial charge in [0.2, 0.25) is 5.91 Å². The molecule has 0 radical (unpaired) electrons. The Hall–Kier alpha value is -3.74. The maximum Gasteiger partial charge on any atom is 0.270 e. The largest absolute Gasteiger partial charge is 0.484 e. The standard InChI is InChI=1S/C30H38ClN7O5/c1-18(39)38-13-20(14-38)34-26-9-24(35-29(36-26)30(2,3)4)28(41)33-10-21(40)15-37-8-7-23-19(12-37)5-6-25(27(23)31)42-16-22-11-32-17-43-22/h5-6,9,11,17,20-21,40H,7-8,10,12-16H2,1-4H3,(H,33,41)(H,34,35,36). The van der Waals surface area contributed by atoms with Gasteiger partial charge in [0, 0.05) is 57.7 Å². The number of ether oxygens (including phenoxy) is 1. The van der Waals surface area contributed by atoms with Gasteiger partial charge in [-0.3, -0.25) is 14.5 Å². The van der Waals surface area contributed by atoms with E-state index in [0.29, 0.717) is 67.3 Å². The second kappa shape index (κ2) is 12.9. The molecule has 12 nitrogen and oxygen atoms in total. The van der Waals surface area contributed by atoms with E-state index >= 15 is 0 Å². The van der Waals surface area contributed by atoms with E-state index in [2.05, 4.69) is 30.5 Å². The number of nitrogens with one attached hydrogen (secondary N) is 2. The number of aliphatic hydroxyl groups is 1. The Labute approximate surface area is 255 Å². The lowest BCUT2D eigenvalue weighted by Gasteiger charge is -2.39. The molecule has 3 aromatic rings. The van der Waals surface area contributed by atoms with Crippen LogP contribution in [-0.4, -0.2) is 86.5 Å². The van der Waals surface area contributed by atoms with Crippen molar-refractivity contribution in [1.82, 2.24) is 30.1 Å². The summed E-state index contributed by atoms with van der Waals surface area (Å²) in [6.45, 7) is 10.7. The van der Waals surface area contributed by atoms with E-state index in [1.807, 2.05) is 32.9 Å². The van der Waals surface area contributed by atoms with E-state index in [1.165, 1.54) is 6.39 Å². The molecule has 13 heteroatoms. The van der Waals surface area contributed by atoms with Crippen molar-refractivity contribution in [3.05, 3.63) is 64.2 Å². The summed E-state index contributed by atoms with van der Waals surface area (Å²) >= 11 is 6.65. The molecule has 5 rings (SSSR count). The number of carbonyl (C=O) groups is 2. The second-order valence-electron chi connectivity index (χ2n) is 12.1. The summed E-state index contributed by atoms with van der Waals surface area (Å²) in [5, 5.41) is 17.5. The van der Waals surface area contributed by atoms with E-state index in [4.69, 9.17) is 20.8 Å². The number of nitrogens with zero attached hydrogens (tertiary/aromatic N) is 5. The molecule has 2 aliphatic rings. The van der Waals surface area contributed by atoms with Crippen molar-refractivity contribution < 1.29 is 23.8 Å². The third-order valence-electron chi connectivity index (χ3n) is 7.51. The zero-order chi connectivity index (χ0) is 30.7. The quantitative estimate of drug-likeness (QED) is 0.313. The van der Waals surface area contributed by atoms with Gasteiger partial charge in [-0.1, -0.05) is 38.4 Å². The Kier molecular flexibility index (Phi) is 9.19. The maximum atomic E-state index is 13.1. The molecular weight excluding hydrogens is 574 g/mol. The van der Waals surface area contributed by atoms with Crippen molar-refractivity contribution in [2.75, 3.05) is 38.0 Å². The number of benzene rings is 1. The van der Waals surface area contributed by atoms with Crippen LogP contribution in [0, 0.1) is 0 Å². The first kappa shape index (κ1) is 30.7. The smallest absolute Gasteiger partial charge is 0.270 e. The molecule has 1 unspecified atom stereocenters. The highest BCUT2D eigenvalue weighted by atomic mass is 35.5. The lowest BCUT2D eigenvalue weighted by Crippen LogP contribution is -2.56. The van der Waals surface area contributed by atoms with Crippen LogP contribution in [-0.2, 0) is 29.8 Å². The minimum Gasteiger partial charge on any atom is -0.484 e. The predicted octanol–water partition coefficient (Wildman–Crippen LogP) is 2.79. The van der Waals surface area contributed by atoms with Gasteiger partial charge in [-0.25, -0.2) is 15.0 Å². The second-order valence-corrected chi connectivity index (χ2v) is 12.5. The first-order chi connectivity index (χ1) is 20.5. The summed E-state index contributed by atoms with van der Waals surface area (Å²) in [5.41, 5.74) is 1.96. The molecule has 1 aromatic carbocycles. The van der Waals surface area contributed by atoms with Crippen LogP contribution >= 0.6 is 11.6 Å². The van der Waals surface area contributed by atoms with Crippen molar-refractivity contribution in [3.63, 3.8) is 0 Å². The van der Waals surface area contributed by atoms with Gasteiger partial charge in [-0.2, -0.15) is 0 Å². The topological polar surface area (TPSA) is 146 Å². The van der Waals surface area contributed by atoms with Crippen LogP contribution in [0.1, 0.15) is 60.9 Å². The molecule has 1 atom stereocenters. The van der Waals surface area contributed by atoms with Crippen molar-refractivity contribution in [1.29, 1.82) is 0 Å². The van der Waals surface area contributed by atoms with E-state index in [0.717, 1.165) is 11.1 Å². The van der Waals surface area contributed by atoms with Gasteiger partial charge in [0.1, 0.15) is 29.7 Å². The number of hydrogen-bond acceptors (Lipinski definition) is 10. The molecule has 4 heterocycles. The number of oxazole rings is 1. The lowest BCUT2D eigenvalue weighted by molar-refractivity contribution is -0.132. The first-order valence-electron chi connectivity index (χ1n) is 14.4. The maximum absolute atomic E-state index is 13.1. The van der Waals surface area contributed by atoms with Crippen molar-refractivity contribution in [2.45, 2.75) is 64.8 Å². The number of hydrogen-bond donors (Lipinski definition) is 3. The SMILES string of the molecule is CC(=O)N1CC(Nc2cc(C(=O)NCC(O)CN3CCc4c(ccc(OCc5cnco5)c4Cl)C3)nc(C(C)(C)C)n2)C1. The molecule has 0 spiro atoms. The number of fused-ring (bicyclic) bond motifs is 1. The number of aromatic nitrogens is 3. The number of carbonyl (C=O) groups excluding carboxylic acids is 2. The van der Waals surface area contributed by atoms with Crippen molar-refractivity contribution >= 4 is 29.2 Å². The highest BCUT2D eigenvalue weighted by molar-refractivity contribution is 6.33. The van der Waals surface area contributed by atoms with E-state index < -0.39 is 6.10 Å². The predicted molar refractivity (Wildman–Crippen MR) is 160 cm³/mol. The van der Waals surface area contributed by atoms with E-state index in [-0.39, 0.29) is 42.1 Å². The third kappa shape index (κ3) is 7.62. The van der Waals surface area contributed by atoms with Gasteiger partial charge in [-0.15, -0.1) is 0 Å². The fraction of sp³-hybridized carbons (Fsp3) is 0.500. The van der Waals surface area contributed by atoms with Gasteiger partial charge in [0.05, 0.1) is 23.4 Å². The number of rotatable bonds is 10. The minimum atomic E-state index is -0.778. The van der Waals surface area contributed by atoms with Gasteiger partial charge in [0.25, 0.3) is 5.91 Å². The van der Waals surface area contributed by atoms with Gasteiger partial charge in [0.15, 0.2) is 12.2 Å². The number of aliphatic hydroxyl groups excluding tert-OH is 1. The Balaban J connectivity index is 1.14. The molecule has 0 aliphatic carbocycles. The zero-order valence-electron chi connectivity index (χ0n) is 24.9. The number of likely N-dealkylation sites (tertiary alicyclic amines) is 1. The summed E-state index contributed by atoms with van der Waals surface area (Å²) < 4.78 is 11.0. The van der Waals surface area contributed by atoms with Crippen LogP contribution in [0.5, 0.6) is 5.75 Å². The summed E-state index contributed by atoms with van der Waals surface area (Å²) in [5.74, 6) is 1.92. The molecule has 0 saturated carbocycles. The molecule has 3 N–H and O–H groups in total. The monoisotopic (exact) mass is 611 g/mol. The van der Waals surface area contributed by atoms with Crippen LogP contribution in [0.3, 0.4) is 0 Å². The lowest BCUT2D eigenvalue weighted by atomic mass is 9.95. The zero-order valence-corrected chi connectivity index (χ0v) is 25.6. The van der Waals surface area contributed by atoms with Crippen molar-refractivity contribution in [2.24, 2.45) is 0 Å². The highest BCUT2D eigenvalue weighted by Crippen LogP contribution is 2.34. The molecule has 1 saturated heterocycles. The number of β-amino-alcohol motifs (C(OH)–C–C–N with tert-alkyl or cyclic N) is 1. The number of halogens is 1. The van der Waals surface area contributed by atoms with Crippen LogP contribution in [0.4, 0.5) is 5.82 Å². The third-order valence-corrected chi connectivity index (χ3v) is 7.92. The summed E-state index contributed by atoms with van der Waals surface area (Å²) in [6, 6.07) is 5.51. The molecule has 2 aliphatic heterocycles. The van der Waals surface area contributed by atoms with Gasteiger partial charge in [-0.05, 0) is 23.6 Å². The summed E-state index contributed by atoms with van der Waals surface area (Å²) in [4.78, 5) is 41.5. The Bertz CT molecular complexity index is 1450. The normalized spacial score (nSPS) is 16.3. The molecule has 0 bridgehead atoms. The highest BCUT2D eigenvalue weighted by Gasteiger charge is 2.30. The molecular formula is C30H38ClN7O5. The molecule has 1 fully saturated rings. The summed E-state index contributed by atoms with van der Waals surface area (Å²) in [6.07, 6.45) is 2.89. The average molecular weight is 612 g/mol. The van der Waals surface area contributed by atoms with E-state index in [9.17, 15) is 14.7 Å². The van der Waals surface area contributed by atoms with Crippen LogP contribution in [0.15, 0.2) is 35.2 Å². The molecule has 43 heavy (non-hydrogen) atoms. The Morgan fingerprint density at radius 1 is 1.26 bits per heavy atom. The fourth-order valence-electron chi connectivity index (χ4n) is 5.05. The van der Waals surface area contributed by atoms with Gasteiger partial charge >= 0.3 is 0 Å². The first-order valence-corrected chi connectivity index (χ1v) is 14.7. The number of amides is 2. The Morgan fingerprint density at radius 3 is 2.74 bits per heavy atom. The fourth-order valence-corrected chi connectivity index (χ4v) is 5.38.